The normalized spacial score (nSPS) is 18.2. The average molecular weight is 473 g/mol. The molecule has 0 amide bonds. The van der Waals surface area contributed by atoms with Crippen molar-refractivity contribution in [2.24, 2.45) is 5.92 Å². The summed E-state index contributed by atoms with van der Waals surface area (Å²) in [6, 6.07) is 6.10. The predicted molar refractivity (Wildman–Crippen MR) is 113 cm³/mol. The minimum atomic E-state index is -1.31. The van der Waals surface area contributed by atoms with Crippen molar-refractivity contribution in [1.29, 1.82) is 0 Å². The first-order valence-electron chi connectivity index (χ1n) is 10.5. The summed E-state index contributed by atoms with van der Waals surface area (Å²) < 4.78 is 51.7. The van der Waals surface area contributed by atoms with Gasteiger partial charge in [0.15, 0.2) is 17.5 Å². The number of halogens is 3. The smallest absolute Gasteiger partial charge is 0.320 e. The Morgan fingerprint density at radius 2 is 1.82 bits per heavy atom. The lowest BCUT2D eigenvalue weighted by atomic mass is 9.87. The SMILES string of the molecule is O=C(O)[C@H]1CC[C@@H](Oc2ccc3nc(-c4nnc(Nc5cc(F)c(F)cc5F)o4)[nH]c3c2)CC1. The van der Waals surface area contributed by atoms with Crippen LogP contribution in [0.4, 0.5) is 24.9 Å². The molecule has 0 unspecified atom stereocenters. The van der Waals surface area contributed by atoms with E-state index in [4.69, 9.17) is 14.3 Å². The summed E-state index contributed by atoms with van der Waals surface area (Å²) in [6.07, 6.45) is 2.44. The van der Waals surface area contributed by atoms with Gasteiger partial charge in [-0.2, -0.15) is 0 Å². The van der Waals surface area contributed by atoms with Gasteiger partial charge in [0.2, 0.25) is 0 Å². The molecule has 0 aliphatic heterocycles. The number of aromatic amines is 1. The number of rotatable bonds is 6. The number of aliphatic carboxylic acids is 1. The van der Waals surface area contributed by atoms with E-state index < -0.39 is 23.4 Å². The fraction of sp³-hybridized carbons (Fsp3) is 0.273. The molecule has 0 spiro atoms. The van der Waals surface area contributed by atoms with E-state index in [2.05, 4.69) is 25.5 Å². The average Bonchev–Trinajstić information content (AvgIpc) is 3.44. The number of carbonyl (C=O) groups is 1. The Morgan fingerprint density at radius 3 is 2.59 bits per heavy atom. The number of benzene rings is 2. The molecule has 0 saturated heterocycles. The first kappa shape index (κ1) is 21.7. The van der Waals surface area contributed by atoms with Gasteiger partial charge >= 0.3 is 12.0 Å². The van der Waals surface area contributed by atoms with Crippen LogP contribution in [0, 0.1) is 23.4 Å². The highest BCUT2D eigenvalue weighted by atomic mass is 19.2. The fourth-order valence-corrected chi connectivity index (χ4v) is 3.89. The minimum Gasteiger partial charge on any atom is -0.490 e. The molecular weight excluding hydrogens is 455 g/mol. The zero-order valence-corrected chi connectivity index (χ0v) is 17.5. The van der Waals surface area contributed by atoms with Crippen LogP contribution in [-0.2, 0) is 4.79 Å². The maximum atomic E-state index is 13.8. The number of ether oxygens (including phenoxy) is 1. The van der Waals surface area contributed by atoms with Crippen molar-refractivity contribution in [2.45, 2.75) is 31.8 Å². The van der Waals surface area contributed by atoms with E-state index in [0.717, 1.165) is 0 Å². The molecule has 4 aromatic rings. The standard InChI is InChI=1S/C22H18F3N5O4/c23-13-8-15(25)17(9-14(13)24)28-22-30-29-20(34-22)19-26-16-6-5-12(7-18(16)27-19)33-11-3-1-10(2-4-11)21(31)32/h5-11H,1-4H2,(H,26,27)(H,28,30)(H,31,32)/t10-,11+. The zero-order chi connectivity index (χ0) is 23.8. The molecule has 1 aliphatic rings. The number of carboxylic acid groups (broad SMARTS) is 1. The third kappa shape index (κ3) is 4.38. The Morgan fingerprint density at radius 1 is 1.06 bits per heavy atom. The van der Waals surface area contributed by atoms with Crippen LogP contribution in [-0.4, -0.2) is 37.3 Å². The van der Waals surface area contributed by atoms with Crippen molar-refractivity contribution in [2.75, 3.05) is 5.32 Å². The maximum absolute atomic E-state index is 13.8. The van der Waals surface area contributed by atoms with Gasteiger partial charge in [-0.1, -0.05) is 5.10 Å². The van der Waals surface area contributed by atoms with Crippen molar-refractivity contribution < 1.29 is 32.2 Å². The van der Waals surface area contributed by atoms with Gasteiger partial charge in [0.1, 0.15) is 11.6 Å². The van der Waals surface area contributed by atoms with Crippen LogP contribution in [0.15, 0.2) is 34.7 Å². The highest BCUT2D eigenvalue weighted by Crippen LogP contribution is 2.30. The second-order valence-electron chi connectivity index (χ2n) is 7.98. The van der Waals surface area contributed by atoms with E-state index in [0.29, 0.717) is 54.6 Å². The summed E-state index contributed by atoms with van der Waals surface area (Å²) in [5, 5.41) is 19.1. The van der Waals surface area contributed by atoms with Crippen LogP contribution in [0.1, 0.15) is 25.7 Å². The van der Waals surface area contributed by atoms with E-state index in [9.17, 15) is 18.0 Å². The Kier molecular flexibility index (Phi) is 5.56. The molecule has 9 nitrogen and oxygen atoms in total. The van der Waals surface area contributed by atoms with Crippen molar-refractivity contribution >= 4 is 28.7 Å². The van der Waals surface area contributed by atoms with Gasteiger partial charge in [-0.05, 0) is 37.8 Å². The molecule has 1 aliphatic carbocycles. The molecule has 12 heteroatoms. The second-order valence-corrected chi connectivity index (χ2v) is 7.98. The van der Waals surface area contributed by atoms with Gasteiger partial charge in [-0.3, -0.25) is 4.79 Å². The monoisotopic (exact) mass is 473 g/mol. The number of nitrogens with one attached hydrogen (secondary N) is 2. The number of aromatic nitrogens is 4. The quantitative estimate of drug-likeness (QED) is 0.341. The van der Waals surface area contributed by atoms with Gasteiger partial charge in [0.05, 0.1) is 28.7 Å². The van der Waals surface area contributed by atoms with E-state index >= 15 is 0 Å². The summed E-state index contributed by atoms with van der Waals surface area (Å²) in [5.74, 6) is -3.78. The second kappa shape index (κ2) is 8.69. The lowest BCUT2D eigenvalue weighted by molar-refractivity contribution is -0.143. The number of imidazole rings is 1. The molecule has 5 rings (SSSR count). The molecule has 176 valence electrons. The van der Waals surface area contributed by atoms with E-state index in [-0.39, 0.29) is 35.4 Å². The molecule has 0 atom stereocenters. The topological polar surface area (TPSA) is 126 Å². The van der Waals surface area contributed by atoms with Crippen LogP contribution in [0.5, 0.6) is 5.75 Å². The van der Waals surface area contributed by atoms with E-state index in [1.54, 1.807) is 18.2 Å². The molecule has 0 bridgehead atoms. The summed E-state index contributed by atoms with van der Waals surface area (Å²) in [6.45, 7) is 0. The zero-order valence-electron chi connectivity index (χ0n) is 17.5. The molecule has 1 saturated carbocycles. The van der Waals surface area contributed by atoms with Gasteiger partial charge in [-0.25, -0.2) is 18.2 Å². The first-order valence-corrected chi connectivity index (χ1v) is 10.5. The Hall–Kier alpha value is -4.09. The summed E-state index contributed by atoms with van der Waals surface area (Å²) in [4.78, 5) is 18.5. The van der Waals surface area contributed by atoms with E-state index in [1.165, 1.54) is 0 Å². The first-order chi connectivity index (χ1) is 16.4. The number of fused-ring (bicyclic) bond motifs is 1. The minimum absolute atomic E-state index is 0.00356. The van der Waals surface area contributed by atoms with Crippen molar-refractivity contribution in [1.82, 2.24) is 20.2 Å². The van der Waals surface area contributed by atoms with Gasteiger partial charge in [-0.15, -0.1) is 5.10 Å². The van der Waals surface area contributed by atoms with Crippen LogP contribution in [0.25, 0.3) is 22.7 Å². The van der Waals surface area contributed by atoms with Crippen LogP contribution in [0.3, 0.4) is 0 Å². The molecule has 2 heterocycles. The van der Waals surface area contributed by atoms with E-state index in [1.807, 2.05) is 0 Å². The van der Waals surface area contributed by atoms with Crippen molar-refractivity contribution in [3.8, 4) is 17.5 Å². The van der Waals surface area contributed by atoms with Gasteiger partial charge in [0, 0.05) is 18.2 Å². The maximum Gasteiger partial charge on any atom is 0.320 e. The van der Waals surface area contributed by atoms with Crippen LogP contribution < -0.4 is 10.1 Å². The molecule has 2 aromatic heterocycles. The largest absolute Gasteiger partial charge is 0.490 e. The Bertz CT molecular complexity index is 1360. The molecule has 2 aromatic carbocycles. The number of nitrogens with zero attached hydrogens (tertiary/aromatic N) is 3. The Labute approximate surface area is 190 Å². The molecule has 3 N–H and O–H groups in total. The van der Waals surface area contributed by atoms with Crippen LogP contribution in [0.2, 0.25) is 0 Å². The number of hydrogen-bond acceptors (Lipinski definition) is 7. The number of hydrogen-bond donors (Lipinski definition) is 3. The summed E-state index contributed by atoms with van der Waals surface area (Å²) in [5.41, 5.74) is 0.889. The van der Waals surface area contributed by atoms with Crippen LogP contribution >= 0.6 is 0 Å². The summed E-state index contributed by atoms with van der Waals surface area (Å²) >= 11 is 0. The fourth-order valence-electron chi connectivity index (χ4n) is 3.89. The highest BCUT2D eigenvalue weighted by Gasteiger charge is 2.27. The van der Waals surface area contributed by atoms with Crippen molar-refractivity contribution in [3.05, 3.63) is 47.8 Å². The van der Waals surface area contributed by atoms with Gasteiger partial charge in [0.25, 0.3) is 5.89 Å². The highest BCUT2D eigenvalue weighted by molar-refractivity contribution is 5.79. The van der Waals surface area contributed by atoms with Gasteiger partial charge < -0.3 is 24.6 Å². The lowest BCUT2D eigenvalue weighted by Gasteiger charge is -2.26. The predicted octanol–water partition coefficient (Wildman–Crippen LogP) is 4.80. The molecule has 1 fully saturated rings. The number of H-pyrrole nitrogens is 1. The molecular formula is C22H18F3N5O4. The number of carboxylic acids is 1. The third-order valence-electron chi connectivity index (χ3n) is 5.66. The Balaban J connectivity index is 1.29. The van der Waals surface area contributed by atoms with Crippen molar-refractivity contribution in [3.63, 3.8) is 0 Å². The molecule has 0 radical (unpaired) electrons. The third-order valence-corrected chi connectivity index (χ3v) is 5.66. The summed E-state index contributed by atoms with van der Waals surface area (Å²) in [7, 11) is 0. The lowest BCUT2D eigenvalue weighted by Crippen LogP contribution is -2.27. The number of anilines is 2. The molecule has 34 heavy (non-hydrogen) atoms.